The van der Waals surface area contributed by atoms with Gasteiger partial charge in [0.1, 0.15) is 5.75 Å². The van der Waals surface area contributed by atoms with Crippen molar-refractivity contribution in [2.75, 3.05) is 6.61 Å². The average molecular weight is 272 g/mol. The largest absolute Gasteiger partial charge is 0.494 e. The van der Waals surface area contributed by atoms with Crippen LogP contribution in [-0.2, 0) is 13.0 Å². The molecule has 0 bridgehead atoms. The van der Waals surface area contributed by atoms with Gasteiger partial charge < -0.3 is 14.4 Å². The van der Waals surface area contributed by atoms with Crippen molar-refractivity contribution in [3.05, 3.63) is 48.0 Å². The molecule has 0 amide bonds. The molecule has 0 aliphatic heterocycles. The van der Waals surface area contributed by atoms with E-state index in [1.165, 1.54) is 5.56 Å². The topological polar surface area (TPSA) is 47.3 Å². The maximum absolute atomic E-state index is 10.0. The predicted molar refractivity (Wildman–Crippen MR) is 76.7 cm³/mol. The summed E-state index contributed by atoms with van der Waals surface area (Å²) in [6, 6.07) is 6.09. The third-order valence-electron chi connectivity index (χ3n) is 3.79. The predicted octanol–water partition coefficient (Wildman–Crippen LogP) is 2.72. The van der Waals surface area contributed by atoms with Crippen LogP contribution in [0.5, 0.6) is 5.75 Å². The second-order valence-corrected chi connectivity index (χ2v) is 5.27. The van der Waals surface area contributed by atoms with Gasteiger partial charge in [0.2, 0.25) is 0 Å². The molecule has 0 saturated carbocycles. The van der Waals surface area contributed by atoms with Gasteiger partial charge in [-0.2, -0.15) is 0 Å². The smallest absolute Gasteiger partial charge is 0.119 e. The quantitative estimate of drug-likeness (QED) is 0.851. The van der Waals surface area contributed by atoms with Crippen LogP contribution in [0, 0.1) is 0 Å². The van der Waals surface area contributed by atoms with Gasteiger partial charge in [-0.1, -0.05) is 6.07 Å². The number of imidazole rings is 1. The van der Waals surface area contributed by atoms with E-state index in [9.17, 15) is 5.11 Å². The molecule has 106 valence electrons. The highest BCUT2D eigenvalue weighted by atomic mass is 16.5. The monoisotopic (exact) mass is 272 g/mol. The Balaban J connectivity index is 1.54. The van der Waals surface area contributed by atoms with Gasteiger partial charge in [-0.05, 0) is 48.9 Å². The minimum Gasteiger partial charge on any atom is -0.494 e. The molecule has 1 N–H and O–H groups in total. The number of fused-ring (bicyclic) bond motifs is 1. The molecule has 1 aromatic heterocycles. The van der Waals surface area contributed by atoms with E-state index in [2.05, 4.69) is 11.1 Å². The second kappa shape index (κ2) is 6.09. The van der Waals surface area contributed by atoms with E-state index in [1.807, 2.05) is 29.2 Å². The molecule has 20 heavy (non-hydrogen) atoms. The lowest BCUT2D eigenvalue weighted by atomic mass is 9.89. The van der Waals surface area contributed by atoms with Crippen LogP contribution in [0.25, 0.3) is 0 Å². The number of aliphatic hydroxyl groups excluding tert-OH is 1. The standard InChI is InChI=1S/C16H20N2O2/c19-16-4-1-3-13-5-6-14(11-15(13)16)20-10-2-8-18-9-7-17-12-18/h5-7,9,11-12,16,19H,1-4,8,10H2/t16-/m1/s1. The number of ether oxygens (including phenoxy) is 1. The number of aryl methyl sites for hydroxylation is 2. The maximum atomic E-state index is 10.0. The molecule has 0 unspecified atom stereocenters. The van der Waals surface area contributed by atoms with Gasteiger partial charge in [-0.15, -0.1) is 0 Å². The summed E-state index contributed by atoms with van der Waals surface area (Å²) >= 11 is 0. The zero-order chi connectivity index (χ0) is 13.8. The lowest BCUT2D eigenvalue weighted by Gasteiger charge is -2.22. The van der Waals surface area contributed by atoms with Crippen molar-refractivity contribution in [2.24, 2.45) is 0 Å². The van der Waals surface area contributed by atoms with E-state index >= 15 is 0 Å². The van der Waals surface area contributed by atoms with Crippen LogP contribution in [-0.4, -0.2) is 21.3 Å². The lowest BCUT2D eigenvalue weighted by Crippen LogP contribution is -2.10. The van der Waals surface area contributed by atoms with Crippen molar-refractivity contribution in [1.29, 1.82) is 0 Å². The van der Waals surface area contributed by atoms with Crippen LogP contribution < -0.4 is 4.74 Å². The first-order chi connectivity index (χ1) is 9.83. The van der Waals surface area contributed by atoms with Crippen molar-refractivity contribution in [3.8, 4) is 5.75 Å². The Hall–Kier alpha value is -1.81. The minimum atomic E-state index is -0.326. The molecule has 1 aliphatic rings. The molecule has 1 atom stereocenters. The van der Waals surface area contributed by atoms with Crippen LogP contribution in [0.2, 0.25) is 0 Å². The Kier molecular flexibility index (Phi) is 4.02. The minimum absolute atomic E-state index is 0.326. The van der Waals surface area contributed by atoms with E-state index < -0.39 is 0 Å². The first-order valence-corrected chi connectivity index (χ1v) is 7.22. The summed E-state index contributed by atoms with van der Waals surface area (Å²) in [6.45, 7) is 1.58. The van der Waals surface area contributed by atoms with Gasteiger partial charge in [-0.25, -0.2) is 4.98 Å². The molecule has 0 spiro atoms. The summed E-state index contributed by atoms with van der Waals surface area (Å²) in [5, 5.41) is 10.0. The number of rotatable bonds is 5. The Morgan fingerprint density at radius 3 is 3.20 bits per heavy atom. The number of aliphatic hydroxyl groups is 1. The summed E-state index contributed by atoms with van der Waals surface area (Å²) in [6.07, 6.45) is 9.16. The van der Waals surface area contributed by atoms with E-state index in [0.717, 1.165) is 43.5 Å². The van der Waals surface area contributed by atoms with E-state index in [4.69, 9.17) is 4.74 Å². The summed E-state index contributed by atoms with van der Waals surface area (Å²) in [5.74, 6) is 0.857. The number of benzene rings is 1. The third-order valence-corrected chi connectivity index (χ3v) is 3.79. The summed E-state index contributed by atoms with van der Waals surface area (Å²) in [7, 11) is 0. The van der Waals surface area contributed by atoms with E-state index in [0.29, 0.717) is 6.61 Å². The van der Waals surface area contributed by atoms with Crippen molar-refractivity contribution < 1.29 is 9.84 Å². The maximum Gasteiger partial charge on any atom is 0.119 e. The fourth-order valence-corrected chi connectivity index (χ4v) is 2.70. The Morgan fingerprint density at radius 2 is 2.35 bits per heavy atom. The summed E-state index contributed by atoms with van der Waals surface area (Å²) in [4.78, 5) is 4.01. The first-order valence-electron chi connectivity index (χ1n) is 7.22. The molecule has 4 heteroatoms. The zero-order valence-electron chi connectivity index (χ0n) is 11.5. The molecular weight excluding hydrogens is 252 g/mol. The molecule has 0 radical (unpaired) electrons. The Labute approximate surface area is 119 Å². The highest BCUT2D eigenvalue weighted by Gasteiger charge is 2.18. The average Bonchev–Trinajstić information content (AvgIpc) is 2.98. The van der Waals surface area contributed by atoms with Crippen molar-refractivity contribution >= 4 is 0 Å². The number of hydrogen-bond donors (Lipinski definition) is 1. The number of nitrogens with zero attached hydrogens (tertiary/aromatic N) is 2. The van der Waals surface area contributed by atoms with Gasteiger partial charge in [0.15, 0.2) is 0 Å². The van der Waals surface area contributed by atoms with E-state index in [-0.39, 0.29) is 6.10 Å². The molecule has 2 aromatic rings. The molecular formula is C16H20N2O2. The molecule has 1 aromatic carbocycles. The normalized spacial score (nSPS) is 17.8. The highest BCUT2D eigenvalue weighted by molar-refractivity contribution is 5.38. The first kappa shape index (κ1) is 13.2. The highest BCUT2D eigenvalue weighted by Crippen LogP contribution is 2.32. The van der Waals surface area contributed by atoms with Crippen LogP contribution in [0.4, 0.5) is 0 Å². The molecule has 4 nitrogen and oxygen atoms in total. The van der Waals surface area contributed by atoms with Gasteiger partial charge in [0.25, 0.3) is 0 Å². The molecule has 0 fully saturated rings. The molecule has 1 aliphatic carbocycles. The van der Waals surface area contributed by atoms with Crippen LogP contribution in [0.15, 0.2) is 36.9 Å². The third kappa shape index (κ3) is 3.02. The Bertz CT molecular complexity index is 552. The number of aromatic nitrogens is 2. The van der Waals surface area contributed by atoms with Crippen LogP contribution in [0.3, 0.4) is 0 Å². The fraction of sp³-hybridized carbons (Fsp3) is 0.438. The number of hydrogen-bond acceptors (Lipinski definition) is 3. The SMILES string of the molecule is O[C@@H]1CCCc2ccc(OCCCn3ccnc3)cc21. The molecule has 1 heterocycles. The molecule has 3 rings (SSSR count). The second-order valence-electron chi connectivity index (χ2n) is 5.27. The van der Waals surface area contributed by atoms with Crippen molar-refractivity contribution in [2.45, 2.75) is 38.3 Å². The van der Waals surface area contributed by atoms with Crippen molar-refractivity contribution in [3.63, 3.8) is 0 Å². The van der Waals surface area contributed by atoms with Crippen molar-refractivity contribution in [1.82, 2.24) is 9.55 Å². The van der Waals surface area contributed by atoms with Gasteiger partial charge in [0.05, 0.1) is 19.0 Å². The van der Waals surface area contributed by atoms with E-state index in [1.54, 1.807) is 6.20 Å². The van der Waals surface area contributed by atoms with Gasteiger partial charge in [0, 0.05) is 18.9 Å². The van der Waals surface area contributed by atoms with Crippen LogP contribution >= 0.6 is 0 Å². The Morgan fingerprint density at radius 1 is 1.40 bits per heavy atom. The fourth-order valence-electron chi connectivity index (χ4n) is 2.70. The van der Waals surface area contributed by atoms with Crippen LogP contribution in [0.1, 0.15) is 36.5 Å². The molecule has 0 saturated heterocycles. The lowest BCUT2D eigenvalue weighted by molar-refractivity contribution is 0.156. The summed E-state index contributed by atoms with van der Waals surface area (Å²) < 4.78 is 7.82. The van der Waals surface area contributed by atoms with Gasteiger partial charge in [-0.3, -0.25) is 0 Å². The zero-order valence-corrected chi connectivity index (χ0v) is 11.5. The summed E-state index contributed by atoms with van der Waals surface area (Å²) in [5.41, 5.74) is 2.30. The van der Waals surface area contributed by atoms with Gasteiger partial charge >= 0.3 is 0 Å².